The number of hydrogen-bond acceptors (Lipinski definition) is 3. The van der Waals surface area contributed by atoms with Crippen molar-refractivity contribution in [3.05, 3.63) is 34.9 Å². The van der Waals surface area contributed by atoms with Gasteiger partial charge >= 0.3 is 0 Å². The molecule has 1 aromatic rings. The van der Waals surface area contributed by atoms with Crippen LogP contribution < -0.4 is 5.32 Å². The standard InChI is InChI=1S/C15H20ClNO3/c1-10(17-15(18)12-7-8-20-9-12)14(19-2)11-3-5-13(16)6-4-11/h3-6,10,12,14H,7-9H2,1-2H3,(H,17,18)/t10-,12-,14-/m0/s1. The molecule has 0 unspecified atom stereocenters. The maximum atomic E-state index is 12.1. The molecule has 1 aliphatic rings. The topological polar surface area (TPSA) is 47.6 Å². The van der Waals surface area contributed by atoms with Crippen LogP contribution in [0.4, 0.5) is 0 Å². The van der Waals surface area contributed by atoms with Crippen LogP contribution in [0.25, 0.3) is 0 Å². The van der Waals surface area contributed by atoms with E-state index in [1.165, 1.54) is 0 Å². The van der Waals surface area contributed by atoms with Gasteiger partial charge in [-0.15, -0.1) is 0 Å². The van der Waals surface area contributed by atoms with E-state index in [0.29, 0.717) is 18.2 Å². The van der Waals surface area contributed by atoms with E-state index in [9.17, 15) is 4.79 Å². The highest BCUT2D eigenvalue weighted by molar-refractivity contribution is 6.30. The van der Waals surface area contributed by atoms with Gasteiger partial charge in [-0.1, -0.05) is 23.7 Å². The Kier molecular flexibility index (Phi) is 5.40. The summed E-state index contributed by atoms with van der Waals surface area (Å²) >= 11 is 5.89. The van der Waals surface area contributed by atoms with E-state index < -0.39 is 0 Å². The fraction of sp³-hybridized carbons (Fsp3) is 0.533. The van der Waals surface area contributed by atoms with Gasteiger partial charge in [0, 0.05) is 18.7 Å². The Balaban J connectivity index is 1.99. The predicted molar refractivity (Wildman–Crippen MR) is 77.7 cm³/mol. The summed E-state index contributed by atoms with van der Waals surface area (Å²) < 4.78 is 10.8. The molecule has 0 aliphatic carbocycles. The molecule has 5 heteroatoms. The highest BCUT2D eigenvalue weighted by atomic mass is 35.5. The van der Waals surface area contributed by atoms with E-state index in [-0.39, 0.29) is 24.0 Å². The second kappa shape index (κ2) is 7.07. The fourth-order valence-electron chi connectivity index (χ4n) is 2.44. The maximum Gasteiger partial charge on any atom is 0.225 e. The molecule has 0 aromatic heterocycles. The first-order valence-electron chi connectivity index (χ1n) is 6.78. The molecule has 2 rings (SSSR count). The Labute approximate surface area is 124 Å². The summed E-state index contributed by atoms with van der Waals surface area (Å²) in [5.74, 6) is -0.00816. The molecule has 110 valence electrons. The average molecular weight is 298 g/mol. The molecule has 1 saturated heterocycles. The van der Waals surface area contributed by atoms with Crippen molar-refractivity contribution in [3.8, 4) is 0 Å². The molecule has 1 fully saturated rings. The second-order valence-corrected chi connectivity index (χ2v) is 5.50. The van der Waals surface area contributed by atoms with Crippen LogP contribution in [-0.2, 0) is 14.3 Å². The third kappa shape index (κ3) is 3.72. The number of carbonyl (C=O) groups is 1. The molecule has 1 aromatic carbocycles. The Hall–Kier alpha value is -1.10. The highest BCUT2D eigenvalue weighted by Crippen LogP contribution is 2.23. The Morgan fingerprint density at radius 3 is 2.70 bits per heavy atom. The smallest absolute Gasteiger partial charge is 0.225 e. The van der Waals surface area contributed by atoms with E-state index in [0.717, 1.165) is 12.0 Å². The van der Waals surface area contributed by atoms with Crippen molar-refractivity contribution in [2.45, 2.75) is 25.5 Å². The van der Waals surface area contributed by atoms with Crippen molar-refractivity contribution < 1.29 is 14.3 Å². The molecule has 1 amide bonds. The summed E-state index contributed by atoms with van der Waals surface area (Å²) in [5, 5.41) is 3.69. The summed E-state index contributed by atoms with van der Waals surface area (Å²) in [6, 6.07) is 7.36. The average Bonchev–Trinajstić information content (AvgIpc) is 2.96. The van der Waals surface area contributed by atoms with E-state index in [1.807, 2.05) is 31.2 Å². The van der Waals surface area contributed by atoms with Crippen molar-refractivity contribution in [2.24, 2.45) is 5.92 Å². The van der Waals surface area contributed by atoms with Crippen LogP contribution in [-0.4, -0.2) is 32.3 Å². The molecule has 4 nitrogen and oxygen atoms in total. The SMILES string of the molecule is CO[C@H](c1ccc(Cl)cc1)[C@H](C)NC(=O)[C@H]1CCOC1. The molecule has 0 radical (unpaired) electrons. The zero-order valence-corrected chi connectivity index (χ0v) is 12.5. The van der Waals surface area contributed by atoms with E-state index in [1.54, 1.807) is 7.11 Å². The number of hydrogen-bond donors (Lipinski definition) is 1. The van der Waals surface area contributed by atoms with Crippen molar-refractivity contribution in [1.29, 1.82) is 0 Å². The van der Waals surface area contributed by atoms with Gasteiger partial charge in [-0.3, -0.25) is 4.79 Å². The van der Waals surface area contributed by atoms with Gasteiger partial charge in [0.25, 0.3) is 0 Å². The lowest BCUT2D eigenvalue weighted by atomic mass is 10.0. The van der Waals surface area contributed by atoms with Gasteiger partial charge in [-0.2, -0.15) is 0 Å². The summed E-state index contributed by atoms with van der Waals surface area (Å²) in [6.07, 6.45) is 0.593. The minimum absolute atomic E-state index is 0.0333. The predicted octanol–water partition coefficient (Wildman–Crippen LogP) is 2.57. The highest BCUT2D eigenvalue weighted by Gasteiger charge is 2.27. The van der Waals surface area contributed by atoms with Crippen LogP contribution in [0.3, 0.4) is 0 Å². The van der Waals surface area contributed by atoms with Gasteiger partial charge in [0.2, 0.25) is 5.91 Å². The summed E-state index contributed by atoms with van der Waals surface area (Å²) in [7, 11) is 1.64. The molecular weight excluding hydrogens is 278 g/mol. The second-order valence-electron chi connectivity index (χ2n) is 5.07. The first-order valence-corrected chi connectivity index (χ1v) is 7.16. The van der Waals surface area contributed by atoms with E-state index >= 15 is 0 Å². The van der Waals surface area contributed by atoms with Gasteiger partial charge in [0.05, 0.1) is 18.6 Å². The molecule has 1 N–H and O–H groups in total. The first kappa shape index (κ1) is 15.3. The summed E-state index contributed by atoms with van der Waals surface area (Å²) in [6.45, 7) is 3.12. The quantitative estimate of drug-likeness (QED) is 0.908. The largest absolute Gasteiger partial charge is 0.381 e. The number of ether oxygens (including phenoxy) is 2. The van der Waals surface area contributed by atoms with Gasteiger partial charge in [-0.05, 0) is 31.0 Å². The number of halogens is 1. The molecule has 0 spiro atoms. The monoisotopic (exact) mass is 297 g/mol. The third-order valence-corrected chi connectivity index (χ3v) is 3.83. The van der Waals surface area contributed by atoms with Crippen LogP contribution in [0, 0.1) is 5.92 Å². The molecule has 3 atom stereocenters. The number of rotatable bonds is 5. The maximum absolute atomic E-state index is 12.1. The van der Waals surface area contributed by atoms with Crippen molar-refractivity contribution in [2.75, 3.05) is 20.3 Å². The normalized spacial score (nSPS) is 21.4. The third-order valence-electron chi connectivity index (χ3n) is 3.58. The lowest BCUT2D eigenvalue weighted by Crippen LogP contribution is -2.41. The molecular formula is C15H20ClNO3. The number of benzene rings is 1. The lowest BCUT2D eigenvalue weighted by Gasteiger charge is -2.25. The lowest BCUT2D eigenvalue weighted by molar-refractivity contribution is -0.126. The van der Waals surface area contributed by atoms with Crippen LogP contribution in [0.15, 0.2) is 24.3 Å². The van der Waals surface area contributed by atoms with E-state index in [4.69, 9.17) is 21.1 Å². The van der Waals surface area contributed by atoms with E-state index in [2.05, 4.69) is 5.32 Å². The molecule has 0 bridgehead atoms. The number of carbonyl (C=O) groups excluding carboxylic acids is 1. The van der Waals surface area contributed by atoms with Crippen molar-refractivity contribution in [1.82, 2.24) is 5.32 Å². The minimum Gasteiger partial charge on any atom is -0.381 e. The Morgan fingerprint density at radius 2 is 2.15 bits per heavy atom. The van der Waals surface area contributed by atoms with Crippen LogP contribution in [0.2, 0.25) is 5.02 Å². The van der Waals surface area contributed by atoms with Crippen LogP contribution in [0.5, 0.6) is 0 Å². The van der Waals surface area contributed by atoms with Gasteiger partial charge < -0.3 is 14.8 Å². The Bertz CT molecular complexity index is 443. The minimum atomic E-state index is -0.196. The zero-order valence-electron chi connectivity index (χ0n) is 11.8. The first-order chi connectivity index (χ1) is 9.61. The Morgan fingerprint density at radius 1 is 1.45 bits per heavy atom. The molecule has 1 heterocycles. The van der Waals surface area contributed by atoms with Gasteiger partial charge in [-0.25, -0.2) is 0 Å². The number of methoxy groups -OCH3 is 1. The van der Waals surface area contributed by atoms with Crippen molar-refractivity contribution in [3.63, 3.8) is 0 Å². The summed E-state index contributed by atoms with van der Waals surface area (Å²) in [4.78, 5) is 12.1. The summed E-state index contributed by atoms with van der Waals surface area (Å²) in [5.41, 5.74) is 0.993. The van der Waals surface area contributed by atoms with Crippen LogP contribution in [0.1, 0.15) is 25.0 Å². The molecule has 0 saturated carbocycles. The zero-order chi connectivity index (χ0) is 14.5. The van der Waals surface area contributed by atoms with Gasteiger partial charge in [0.1, 0.15) is 6.10 Å². The fourth-order valence-corrected chi connectivity index (χ4v) is 2.57. The number of amides is 1. The molecule has 20 heavy (non-hydrogen) atoms. The van der Waals surface area contributed by atoms with Crippen molar-refractivity contribution >= 4 is 17.5 Å². The van der Waals surface area contributed by atoms with Gasteiger partial charge in [0.15, 0.2) is 0 Å². The number of nitrogens with one attached hydrogen (secondary N) is 1. The molecule has 1 aliphatic heterocycles. The van der Waals surface area contributed by atoms with Crippen LogP contribution >= 0.6 is 11.6 Å².